The van der Waals surface area contributed by atoms with Gasteiger partial charge in [-0.2, -0.15) is 0 Å². The van der Waals surface area contributed by atoms with E-state index in [1.807, 2.05) is 24.5 Å². The van der Waals surface area contributed by atoms with E-state index in [1.54, 1.807) is 11.8 Å². The van der Waals surface area contributed by atoms with Crippen molar-refractivity contribution < 1.29 is 4.74 Å². The molecule has 1 aromatic carbocycles. The Kier molecular flexibility index (Phi) is 3.55. The van der Waals surface area contributed by atoms with Crippen LogP contribution in [0.5, 0.6) is 11.6 Å². The summed E-state index contributed by atoms with van der Waals surface area (Å²) in [4.78, 5) is 8.30. The predicted molar refractivity (Wildman–Crippen MR) is 77.1 cm³/mol. The third-order valence-corrected chi connectivity index (χ3v) is 3.72. The summed E-state index contributed by atoms with van der Waals surface area (Å²) in [5, 5.41) is 4.31. The fraction of sp³-hybridized carbons (Fsp3) is 0.286. The highest BCUT2D eigenvalue weighted by Crippen LogP contribution is 2.34. The van der Waals surface area contributed by atoms with Crippen LogP contribution in [0.4, 0.5) is 5.69 Å². The van der Waals surface area contributed by atoms with Crippen molar-refractivity contribution in [3.8, 4) is 11.6 Å². The number of anilines is 1. The molecule has 1 N–H and O–H groups in total. The minimum atomic E-state index is 0.583. The number of hydrogen-bond donors (Lipinski definition) is 1. The van der Waals surface area contributed by atoms with Crippen LogP contribution in [0.1, 0.15) is 12.0 Å². The number of thioether (sulfide) groups is 1. The van der Waals surface area contributed by atoms with Gasteiger partial charge in [-0.15, -0.1) is 11.8 Å². The molecule has 19 heavy (non-hydrogen) atoms. The van der Waals surface area contributed by atoms with E-state index < -0.39 is 0 Å². The second-order valence-corrected chi connectivity index (χ2v) is 5.15. The topological polar surface area (TPSA) is 47.0 Å². The molecule has 0 unspecified atom stereocenters. The summed E-state index contributed by atoms with van der Waals surface area (Å²) < 4.78 is 5.89. The molecule has 4 nitrogen and oxygen atoms in total. The lowest BCUT2D eigenvalue weighted by atomic mass is 10.0. The third kappa shape index (κ3) is 2.66. The number of aromatic nitrogens is 2. The van der Waals surface area contributed by atoms with Gasteiger partial charge in [0, 0.05) is 12.6 Å². The fourth-order valence-electron chi connectivity index (χ4n) is 2.17. The van der Waals surface area contributed by atoms with Crippen LogP contribution < -0.4 is 10.1 Å². The van der Waals surface area contributed by atoms with E-state index >= 15 is 0 Å². The number of nitrogens with zero attached hydrogens (tertiary/aromatic N) is 2. The van der Waals surface area contributed by atoms with Gasteiger partial charge in [-0.05, 0) is 30.7 Å². The van der Waals surface area contributed by atoms with Gasteiger partial charge in [0.2, 0.25) is 5.88 Å². The first-order valence-corrected chi connectivity index (χ1v) is 7.49. The van der Waals surface area contributed by atoms with Crippen LogP contribution >= 0.6 is 11.8 Å². The smallest absolute Gasteiger partial charge is 0.223 e. The summed E-state index contributed by atoms with van der Waals surface area (Å²) in [5.74, 6) is 1.42. The van der Waals surface area contributed by atoms with Crippen molar-refractivity contribution >= 4 is 17.4 Å². The highest BCUT2D eigenvalue weighted by molar-refractivity contribution is 7.98. The van der Waals surface area contributed by atoms with Crippen molar-refractivity contribution in [1.29, 1.82) is 0 Å². The highest BCUT2D eigenvalue weighted by Gasteiger charge is 2.14. The van der Waals surface area contributed by atoms with Crippen molar-refractivity contribution in [3.05, 3.63) is 36.2 Å². The second-order valence-electron chi connectivity index (χ2n) is 4.32. The van der Waals surface area contributed by atoms with E-state index in [0.29, 0.717) is 5.88 Å². The first kappa shape index (κ1) is 12.3. The Hall–Kier alpha value is -1.75. The van der Waals surface area contributed by atoms with Gasteiger partial charge in [0.1, 0.15) is 11.4 Å². The van der Waals surface area contributed by atoms with Gasteiger partial charge in [-0.3, -0.25) is 0 Å². The van der Waals surface area contributed by atoms with Gasteiger partial charge in [0.15, 0.2) is 5.75 Å². The molecule has 0 saturated heterocycles. The first-order chi connectivity index (χ1) is 9.36. The fourth-order valence-corrected chi connectivity index (χ4v) is 2.54. The van der Waals surface area contributed by atoms with Crippen LogP contribution in [0.3, 0.4) is 0 Å². The number of rotatable bonds is 3. The molecule has 3 rings (SSSR count). The van der Waals surface area contributed by atoms with E-state index in [4.69, 9.17) is 4.74 Å². The molecule has 0 radical (unpaired) electrons. The van der Waals surface area contributed by atoms with Crippen molar-refractivity contribution in [2.24, 2.45) is 0 Å². The Balaban J connectivity index is 1.90. The summed E-state index contributed by atoms with van der Waals surface area (Å²) in [7, 11) is 0. The zero-order valence-corrected chi connectivity index (χ0v) is 11.5. The van der Waals surface area contributed by atoms with Gasteiger partial charge in [0.05, 0.1) is 5.69 Å². The van der Waals surface area contributed by atoms with Crippen molar-refractivity contribution in [2.75, 3.05) is 18.1 Å². The maximum atomic E-state index is 5.89. The lowest BCUT2D eigenvalue weighted by Gasteiger charge is -2.20. The predicted octanol–water partition coefficient (Wildman–Crippen LogP) is 3.35. The molecule has 1 aliphatic heterocycles. The first-order valence-electron chi connectivity index (χ1n) is 6.26. The van der Waals surface area contributed by atoms with Gasteiger partial charge >= 0.3 is 0 Å². The van der Waals surface area contributed by atoms with E-state index in [9.17, 15) is 0 Å². The number of nitrogens with one attached hydrogen (secondary N) is 1. The molecule has 0 fully saturated rings. The van der Waals surface area contributed by atoms with Crippen molar-refractivity contribution in [2.45, 2.75) is 17.9 Å². The number of benzene rings is 1. The standard InChI is InChI=1S/C14H15N3OS/c1-19-13-8-12(16-9-17-13)18-11-6-2-4-10-5-3-7-15-14(10)11/h2,4,6,8-9,15H,3,5,7H2,1H3. The van der Waals surface area contributed by atoms with E-state index in [1.165, 1.54) is 18.3 Å². The number of aryl methyl sites for hydroxylation is 1. The molecule has 0 atom stereocenters. The monoisotopic (exact) mass is 273 g/mol. The molecule has 1 aromatic heterocycles. The van der Waals surface area contributed by atoms with Crippen LogP contribution in [0.15, 0.2) is 35.6 Å². The molecule has 2 heterocycles. The Morgan fingerprint density at radius 1 is 1.32 bits per heavy atom. The van der Waals surface area contributed by atoms with Crippen LogP contribution in [-0.2, 0) is 6.42 Å². The Bertz CT molecular complexity index is 589. The van der Waals surface area contributed by atoms with E-state index in [0.717, 1.165) is 29.4 Å². The SMILES string of the molecule is CSc1cc(Oc2cccc3c2NCCC3)ncn1. The molecule has 98 valence electrons. The summed E-state index contributed by atoms with van der Waals surface area (Å²) in [5.41, 5.74) is 2.40. The number of para-hydroxylation sites is 1. The second kappa shape index (κ2) is 5.48. The molecule has 0 saturated carbocycles. The largest absolute Gasteiger partial charge is 0.437 e. The summed E-state index contributed by atoms with van der Waals surface area (Å²) in [6.07, 6.45) is 5.78. The summed E-state index contributed by atoms with van der Waals surface area (Å²) >= 11 is 1.58. The van der Waals surface area contributed by atoms with E-state index in [-0.39, 0.29) is 0 Å². The maximum Gasteiger partial charge on any atom is 0.223 e. The lowest BCUT2D eigenvalue weighted by Crippen LogP contribution is -2.12. The van der Waals surface area contributed by atoms with Crippen LogP contribution in [0.25, 0.3) is 0 Å². The third-order valence-electron chi connectivity index (χ3n) is 3.08. The van der Waals surface area contributed by atoms with Gasteiger partial charge in [-0.25, -0.2) is 9.97 Å². The average molecular weight is 273 g/mol. The number of hydrogen-bond acceptors (Lipinski definition) is 5. The van der Waals surface area contributed by atoms with Crippen LogP contribution in [0.2, 0.25) is 0 Å². The Morgan fingerprint density at radius 2 is 2.26 bits per heavy atom. The summed E-state index contributed by atoms with van der Waals surface area (Å²) in [6, 6.07) is 7.99. The van der Waals surface area contributed by atoms with Gasteiger partial charge in [-0.1, -0.05) is 12.1 Å². The average Bonchev–Trinajstić information content (AvgIpc) is 2.48. The molecule has 0 amide bonds. The lowest BCUT2D eigenvalue weighted by molar-refractivity contribution is 0.459. The zero-order chi connectivity index (χ0) is 13.1. The molecular formula is C14H15N3OS. The normalized spacial score (nSPS) is 13.5. The molecule has 1 aliphatic rings. The Labute approximate surface area is 116 Å². The summed E-state index contributed by atoms with van der Waals surface area (Å²) in [6.45, 7) is 0.993. The quantitative estimate of drug-likeness (QED) is 0.686. The molecule has 2 aromatic rings. The maximum absolute atomic E-state index is 5.89. The number of ether oxygens (including phenoxy) is 1. The molecular weight excluding hydrogens is 258 g/mol. The van der Waals surface area contributed by atoms with E-state index in [2.05, 4.69) is 21.4 Å². The van der Waals surface area contributed by atoms with Crippen LogP contribution in [-0.4, -0.2) is 22.8 Å². The van der Waals surface area contributed by atoms with Gasteiger partial charge < -0.3 is 10.1 Å². The van der Waals surface area contributed by atoms with Crippen molar-refractivity contribution in [1.82, 2.24) is 9.97 Å². The van der Waals surface area contributed by atoms with Crippen LogP contribution in [0, 0.1) is 0 Å². The zero-order valence-electron chi connectivity index (χ0n) is 10.7. The van der Waals surface area contributed by atoms with Crippen molar-refractivity contribution in [3.63, 3.8) is 0 Å². The molecule has 0 aliphatic carbocycles. The molecule has 0 bridgehead atoms. The minimum absolute atomic E-state index is 0.583. The molecule has 5 heteroatoms. The van der Waals surface area contributed by atoms with Gasteiger partial charge in [0.25, 0.3) is 0 Å². The number of fused-ring (bicyclic) bond motifs is 1. The highest BCUT2D eigenvalue weighted by atomic mass is 32.2. The minimum Gasteiger partial charge on any atom is -0.437 e. The Morgan fingerprint density at radius 3 is 3.16 bits per heavy atom. The molecule has 0 spiro atoms.